The van der Waals surface area contributed by atoms with Crippen LogP contribution in [-0.2, 0) is 10.0 Å². The fraction of sp³-hybridized carbons (Fsp3) is 0.381. The van der Waals surface area contributed by atoms with Crippen LogP contribution in [0.5, 0.6) is 0 Å². The lowest BCUT2D eigenvalue weighted by Gasteiger charge is -2.22. The summed E-state index contributed by atoms with van der Waals surface area (Å²) in [7, 11) is -3.37. The van der Waals surface area contributed by atoms with Gasteiger partial charge in [0, 0.05) is 24.0 Å². The van der Waals surface area contributed by atoms with Crippen LogP contribution < -0.4 is 5.32 Å². The largest absolute Gasteiger partial charge is 0.355 e. The first-order chi connectivity index (χ1) is 13.4. The Morgan fingerprint density at radius 2 is 1.89 bits per heavy atom. The zero-order valence-corrected chi connectivity index (χ0v) is 17.8. The van der Waals surface area contributed by atoms with Crippen LogP contribution in [0.15, 0.2) is 58.3 Å². The highest BCUT2D eigenvalue weighted by Gasteiger charge is 2.27. The maximum absolute atomic E-state index is 12.7. The van der Waals surface area contributed by atoms with E-state index in [1.54, 1.807) is 27.8 Å². The van der Waals surface area contributed by atoms with E-state index in [0.717, 1.165) is 29.2 Å². The Labute approximate surface area is 170 Å². The predicted octanol–water partition coefficient (Wildman–Crippen LogP) is 4.53. The molecule has 2 heterocycles. The molecule has 148 valence electrons. The number of nitrogens with one attached hydrogen (secondary N) is 1. The lowest BCUT2D eigenvalue weighted by molar-refractivity contribution is 0.477. The number of hydrogen-bond acceptors (Lipinski definition) is 5. The van der Waals surface area contributed by atoms with Gasteiger partial charge in [0.05, 0.1) is 16.6 Å². The average Bonchev–Trinajstić information content (AvgIpc) is 3.37. The summed E-state index contributed by atoms with van der Waals surface area (Å²) in [6.07, 6.45) is 8.45. The molecule has 5 nitrogen and oxygen atoms in total. The minimum atomic E-state index is -3.37. The van der Waals surface area contributed by atoms with E-state index < -0.39 is 10.0 Å². The van der Waals surface area contributed by atoms with Crippen LogP contribution in [0.4, 0.5) is 5.13 Å². The Bertz CT molecular complexity index is 1000. The number of hydrogen-bond donors (Lipinski definition) is 1. The first kappa shape index (κ1) is 19.4. The molecule has 0 amide bonds. The van der Waals surface area contributed by atoms with Gasteiger partial charge < -0.3 is 5.32 Å². The molecule has 2 unspecified atom stereocenters. The summed E-state index contributed by atoms with van der Waals surface area (Å²) in [6, 6.07) is 7.30. The van der Waals surface area contributed by atoms with Crippen molar-refractivity contribution in [1.82, 2.24) is 9.29 Å². The third-order valence-electron chi connectivity index (χ3n) is 5.31. The second-order valence-electron chi connectivity index (χ2n) is 7.47. The number of thiazole rings is 1. The van der Waals surface area contributed by atoms with E-state index in [0.29, 0.717) is 23.9 Å². The summed E-state index contributed by atoms with van der Waals surface area (Å²) in [5.74, 6) is 0.410. The molecular formula is C21H25N3O2S2. The SMILES string of the molecule is CC1=CC(C)C(Nc2nc(-c3ccc(S(=O)(=O)N4CCCC4)cc3)cs2)C=C1. The maximum atomic E-state index is 12.7. The van der Waals surface area contributed by atoms with E-state index in [1.165, 1.54) is 5.57 Å². The van der Waals surface area contributed by atoms with Crippen LogP contribution in [-0.4, -0.2) is 36.8 Å². The second-order valence-corrected chi connectivity index (χ2v) is 10.3. The molecule has 0 radical (unpaired) electrons. The van der Waals surface area contributed by atoms with Crippen molar-refractivity contribution in [3.05, 3.63) is 53.4 Å². The van der Waals surface area contributed by atoms with E-state index in [4.69, 9.17) is 4.98 Å². The molecule has 28 heavy (non-hydrogen) atoms. The van der Waals surface area contributed by atoms with Gasteiger partial charge in [-0.15, -0.1) is 11.3 Å². The first-order valence-electron chi connectivity index (χ1n) is 9.63. The molecule has 1 aromatic carbocycles. The molecule has 2 aromatic rings. The highest BCUT2D eigenvalue weighted by molar-refractivity contribution is 7.89. The van der Waals surface area contributed by atoms with Crippen molar-refractivity contribution in [2.24, 2.45) is 5.92 Å². The molecule has 1 fully saturated rings. The number of aromatic nitrogens is 1. The molecule has 7 heteroatoms. The molecule has 1 saturated heterocycles. The molecule has 2 aliphatic rings. The van der Waals surface area contributed by atoms with Crippen LogP contribution in [0, 0.1) is 5.92 Å². The molecule has 0 spiro atoms. The second kappa shape index (κ2) is 7.81. The fourth-order valence-corrected chi connectivity index (χ4v) is 5.96. The first-order valence-corrected chi connectivity index (χ1v) is 11.9. The fourth-order valence-electron chi connectivity index (χ4n) is 3.67. The lowest BCUT2D eigenvalue weighted by atomic mass is 9.94. The van der Waals surface area contributed by atoms with Crippen molar-refractivity contribution in [1.29, 1.82) is 0 Å². The zero-order valence-electron chi connectivity index (χ0n) is 16.1. The Balaban J connectivity index is 1.48. The van der Waals surface area contributed by atoms with Gasteiger partial charge in [-0.25, -0.2) is 13.4 Å². The molecular weight excluding hydrogens is 390 g/mol. The third-order valence-corrected chi connectivity index (χ3v) is 7.99. The number of anilines is 1. The van der Waals surface area contributed by atoms with E-state index in [-0.39, 0.29) is 6.04 Å². The minimum Gasteiger partial charge on any atom is -0.355 e. The van der Waals surface area contributed by atoms with Gasteiger partial charge in [0.1, 0.15) is 0 Å². The van der Waals surface area contributed by atoms with Gasteiger partial charge in [-0.1, -0.05) is 42.9 Å². The molecule has 1 aromatic heterocycles. The van der Waals surface area contributed by atoms with Crippen LogP contribution >= 0.6 is 11.3 Å². The maximum Gasteiger partial charge on any atom is 0.243 e. The Hall–Kier alpha value is -1.96. The van der Waals surface area contributed by atoms with E-state index >= 15 is 0 Å². The third kappa shape index (κ3) is 3.92. The van der Waals surface area contributed by atoms with E-state index in [1.807, 2.05) is 17.5 Å². The Kier molecular flexibility index (Phi) is 5.40. The lowest BCUT2D eigenvalue weighted by Crippen LogP contribution is -2.27. The molecule has 4 rings (SSSR count). The Morgan fingerprint density at radius 3 is 2.57 bits per heavy atom. The van der Waals surface area contributed by atoms with Crippen LogP contribution in [0.3, 0.4) is 0 Å². The number of rotatable bonds is 5. The van der Waals surface area contributed by atoms with Gasteiger partial charge >= 0.3 is 0 Å². The molecule has 0 bridgehead atoms. The van der Waals surface area contributed by atoms with Gasteiger partial charge in [-0.3, -0.25) is 0 Å². The average molecular weight is 416 g/mol. The number of nitrogens with zero attached hydrogens (tertiary/aromatic N) is 2. The predicted molar refractivity (Wildman–Crippen MR) is 115 cm³/mol. The zero-order chi connectivity index (χ0) is 19.7. The van der Waals surface area contributed by atoms with Crippen LogP contribution in [0.25, 0.3) is 11.3 Å². The summed E-state index contributed by atoms with van der Waals surface area (Å²) in [5, 5.41) is 6.37. The van der Waals surface area contributed by atoms with Gasteiger partial charge in [0.25, 0.3) is 0 Å². The smallest absolute Gasteiger partial charge is 0.243 e. The quantitative estimate of drug-likeness (QED) is 0.779. The summed E-state index contributed by atoms with van der Waals surface area (Å²) in [6.45, 7) is 5.54. The van der Waals surface area contributed by atoms with Gasteiger partial charge in [-0.2, -0.15) is 4.31 Å². The Morgan fingerprint density at radius 1 is 1.18 bits per heavy atom. The number of sulfonamides is 1. The van der Waals surface area contributed by atoms with Crippen LogP contribution in [0.2, 0.25) is 0 Å². The van der Waals surface area contributed by atoms with Crippen molar-refractivity contribution in [3.63, 3.8) is 0 Å². The van der Waals surface area contributed by atoms with Crippen molar-refractivity contribution in [3.8, 4) is 11.3 Å². The number of benzene rings is 1. The highest BCUT2D eigenvalue weighted by Crippen LogP contribution is 2.29. The summed E-state index contributed by atoms with van der Waals surface area (Å²) in [4.78, 5) is 5.05. The molecule has 1 aliphatic carbocycles. The van der Waals surface area contributed by atoms with Gasteiger partial charge in [0.15, 0.2) is 5.13 Å². The summed E-state index contributed by atoms with van der Waals surface area (Å²) < 4.78 is 26.9. The van der Waals surface area contributed by atoms with Crippen molar-refractivity contribution in [2.75, 3.05) is 18.4 Å². The monoisotopic (exact) mass is 415 g/mol. The highest BCUT2D eigenvalue weighted by atomic mass is 32.2. The normalized spacial score (nSPS) is 23.0. The summed E-state index contributed by atoms with van der Waals surface area (Å²) in [5.41, 5.74) is 3.07. The molecule has 1 aliphatic heterocycles. The topological polar surface area (TPSA) is 62.3 Å². The van der Waals surface area contributed by atoms with Crippen molar-refractivity contribution in [2.45, 2.75) is 37.6 Å². The molecule has 0 saturated carbocycles. The van der Waals surface area contributed by atoms with E-state index in [2.05, 4.69) is 37.4 Å². The van der Waals surface area contributed by atoms with Gasteiger partial charge in [0.2, 0.25) is 10.0 Å². The molecule has 2 atom stereocenters. The van der Waals surface area contributed by atoms with Crippen molar-refractivity contribution < 1.29 is 8.42 Å². The minimum absolute atomic E-state index is 0.232. The standard InChI is InChI=1S/C21H25N3O2S2/c1-15-5-10-19(16(2)13-15)22-21-23-20(14-27-21)17-6-8-18(9-7-17)28(25,26)24-11-3-4-12-24/h5-10,13-14,16,19H,3-4,11-12H2,1-2H3,(H,22,23). The van der Waals surface area contributed by atoms with Crippen molar-refractivity contribution >= 4 is 26.5 Å². The molecule has 1 N–H and O–H groups in total. The number of allylic oxidation sites excluding steroid dienone is 2. The summed E-state index contributed by atoms with van der Waals surface area (Å²) >= 11 is 1.57. The van der Waals surface area contributed by atoms with Gasteiger partial charge in [-0.05, 0) is 37.8 Å². The van der Waals surface area contributed by atoms with Crippen LogP contribution in [0.1, 0.15) is 26.7 Å². The van der Waals surface area contributed by atoms with E-state index in [9.17, 15) is 8.42 Å².